The van der Waals surface area contributed by atoms with Gasteiger partial charge in [0.1, 0.15) is 11.4 Å². The summed E-state index contributed by atoms with van der Waals surface area (Å²) >= 11 is 4.85. The van der Waals surface area contributed by atoms with Crippen molar-refractivity contribution in [3.63, 3.8) is 0 Å². The largest absolute Gasteiger partial charge is 0.497 e. The van der Waals surface area contributed by atoms with E-state index in [0.717, 1.165) is 34.9 Å². The average molecular weight is 474 g/mol. The third-order valence-corrected chi connectivity index (χ3v) is 6.75. The average Bonchev–Trinajstić information content (AvgIpc) is 2.77. The molecule has 1 aliphatic rings. The van der Waals surface area contributed by atoms with E-state index in [9.17, 15) is 9.59 Å². The van der Waals surface area contributed by atoms with Gasteiger partial charge in [0, 0.05) is 17.8 Å². The number of hydrogen-bond acceptors (Lipinski definition) is 6. The van der Waals surface area contributed by atoms with Crippen LogP contribution in [0.1, 0.15) is 58.4 Å². The lowest BCUT2D eigenvalue weighted by Gasteiger charge is -2.39. The Kier molecular flexibility index (Phi) is 7.83. The molecule has 3 rings (SSSR count). The fourth-order valence-electron chi connectivity index (χ4n) is 3.92. The molecule has 1 fully saturated rings. The number of esters is 1. The van der Waals surface area contributed by atoms with Crippen molar-refractivity contribution in [1.29, 1.82) is 0 Å². The maximum absolute atomic E-state index is 12.7. The molecule has 6 nitrogen and oxygen atoms in total. The molecule has 0 spiro atoms. The number of thiol groups is 1. The number of carbonyl (C=O) groups is 2. The molecule has 1 amide bonds. The van der Waals surface area contributed by atoms with Crippen LogP contribution in [0.15, 0.2) is 36.4 Å². The van der Waals surface area contributed by atoms with Gasteiger partial charge in [0.25, 0.3) is 0 Å². The summed E-state index contributed by atoms with van der Waals surface area (Å²) in [6.45, 7) is 8.94. The van der Waals surface area contributed by atoms with Gasteiger partial charge in [0.2, 0.25) is 0 Å². The van der Waals surface area contributed by atoms with Gasteiger partial charge in [-0.2, -0.15) is 12.6 Å². The molecule has 1 saturated heterocycles. The van der Waals surface area contributed by atoms with Gasteiger partial charge in [0.15, 0.2) is 0 Å². The highest BCUT2D eigenvalue weighted by Gasteiger charge is 2.34. The Morgan fingerprint density at radius 2 is 1.73 bits per heavy atom. The number of carbonyl (C=O) groups excluding carboxylic acids is 2. The number of piperidine rings is 1. The van der Waals surface area contributed by atoms with Crippen molar-refractivity contribution in [2.45, 2.75) is 63.2 Å². The highest BCUT2D eigenvalue weighted by molar-refractivity contribution is 7.81. The number of methoxy groups -OCH3 is 1. The molecule has 0 bridgehead atoms. The van der Waals surface area contributed by atoms with Crippen molar-refractivity contribution in [2.24, 2.45) is 0 Å². The maximum Gasteiger partial charge on any atom is 0.410 e. The lowest BCUT2D eigenvalue weighted by molar-refractivity contribution is -0.145. The molecule has 0 radical (unpaired) electrons. The van der Waals surface area contributed by atoms with Crippen LogP contribution in [0.2, 0.25) is 0 Å². The first-order valence-electron chi connectivity index (χ1n) is 11.4. The van der Waals surface area contributed by atoms with Crippen LogP contribution in [0.3, 0.4) is 0 Å². The van der Waals surface area contributed by atoms with Gasteiger partial charge in [-0.3, -0.25) is 4.79 Å². The molecule has 0 aliphatic carbocycles. The summed E-state index contributed by atoms with van der Waals surface area (Å²) in [5, 5.41) is 2.12. The van der Waals surface area contributed by atoms with Gasteiger partial charge in [-0.1, -0.05) is 24.3 Å². The highest BCUT2D eigenvalue weighted by atomic mass is 32.1. The topological polar surface area (TPSA) is 65.1 Å². The predicted molar refractivity (Wildman–Crippen MR) is 133 cm³/mol. The van der Waals surface area contributed by atoms with E-state index in [4.69, 9.17) is 26.8 Å². The molecule has 0 unspecified atom stereocenters. The van der Waals surface area contributed by atoms with Gasteiger partial charge >= 0.3 is 12.1 Å². The quantitative estimate of drug-likeness (QED) is 0.438. The second kappa shape index (κ2) is 10.2. The van der Waals surface area contributed by atoms with Crippen LogP contribution in [0, 0.1) is 0 Å². The van der Waals surface area contributed by atoms with E-state index in [2.05, 4.69) is 0 Å². The summed E-state index contributed by atoms with van der Waals surface area (Å²) in [6.07, 6.45) is 1.83. The summed E-state index contributed by atoms with van der Waals surface area (Å²) in [7, 11) is 1.65. The van der Waals surface area contributed by atoms with Crippen LogP contribution in [0.25, 0.3) is 10.8 Å². The number of fused-ring (bicyclic) bond motifs is 1. The number of benzene rings is 2. The first-order chi connectivity index (χ1) is 15.5. The third-order valence-electron chi connectivity index (χ3n) is 6.08. The minimum atomic E-state index is -0.505. The fourth-order valence-corrected chi connectivity index (χ4v) is 4.21. The van der Waals surface area contributed by atoms with E-state index in [1.165, 1.54) is 0 Å². The lowest BCUT2D eigenvalue weighted by Crippen LogP contribution is -2.46. The highest BCUT2D eigenvalue weighted by Crippen LogP contribution is 2.33. The molecule has 1 heterocycles. The number of likely N-dealkylation sites (tertiary alicyclic amines) is 1. The van der Waals surface area contributed by atoms with E-state index in [0.29, 0.717) is 26.1 Å². The molecule has 180 valence electrons. The van der Waals surface area contributed by atoms with E-state index in [-0.39, 0.29) is 22.7 Å². The van der Waals surface area contributed by atoms with Crippen molar-refractivity contribution in [3.05, 3.63) is 42.0 Å². The second-order valence-electron chi connectivity index (χ2n) is 9.80. The summed E-state index contributed by atoms with van der Waals surface area (Å²) in [5.41, 5.74) is 0.416. The molecule has 0 aromatic heterocycles. The van der Waals surface area contributed by atoms with Gasteiger partial charge in [-0.25, -0.2) is 4.79 Å². The summed E-state index contributed by atoms with van der Waals surface area (Å²) in [5.74, 6) is 0.202. The van der Waals surface area contributed by atoms with Crippen LogP contribution in [-0.2, 0) is 14.3 Å². The molecule has 0 saturated carbocycles. The number of amides is 1. The van der Waals surface area contributed by atoms with E-state index >= 15 is 0 Å². The zero-order valence-electron chi connectivity index (χ0n) is 20.2. The zero-order valence-corrected chi connectivity index (χ0v) is 21.1. The van der Waals surface area contributed by atoms with Crippen LogP contribution in [0.4, 0.5) is 4.79 Å². The van der Waals surface area contributed by atoms with Gasteiger partial charge < -0.3 is 19.1 Å². The van der Waals surface area contributed by atoms with Crippen molar-refractivity contribution < 1.29 is 23.8 Å². The number of ether oxygens (including phenoxy) is 3. The van der Waals surface area contributed by atoms with Gasteiger partial charge in [-0.15, -0.1) is 0 Å². The Bertz CT molecular complexity index is 992. The SMILES string of the molecule is COc1ccc2cc([C@H](C)C(=O)OCCC3(S)CCN(C(=O)OC(C)(C)C)CC3)ccc2c1. The van der Waals surface area contributed by atoms with Crippen LogP contribution < -0.4 is 4.74 Å². The Hall–Kier alpha value is -2.41. The summed E-state index contributed by atoms with van der Waals surface area (Å²) < 4.78 is 16.1. The van der Waals surface area contributed by atoms with Crippen molar-refractivity contribution >= 4 is 35.5 Å². The minimum absolute atomic E-state index is 0.244. The van der Waals surface area contributed by atoms with Crippen LogP contribution in [-0.4, -0.2) is 54.1 Å². The Labute approximate surface area is 202 Å². The van der Waals surface area contributed by atoms with Crippen molar-refractivity contribution in [2.75, 3.05) is 26.8 Å². The fraction of sp³-hybridized carbons (Fsp3) is 0.538. The molecule has 1 atom stereocenters. The normalized spacial score (nSPS) is 16.8. The monoisotopic (exact) mass is 473 g/mol. The predicted octanol–water partition coefficient (Wildman–Crippen LogP) is 5.58. The Morgan fingerprint density at radius 1 is 1.09 bits per heavy atom. The Balaban J connectivity index is 1.49. The molecule has 1 aliphatic heterocycles. The zero-order chi connectivity index (χ0) is 24.2. The third kappa shape index (κ3) is 6.79. The summed E-state index contributed by atoms with van der Waals surface area (Å²) in [6, 6.07) is 11.9. The second-order valence-corrected chi connectivity index (χ2v) is 10.8. The molecule has 2 aromatic carbocycles. The minimum Gasteiger partial charge on any atom is -0.497 e. The maximum atomic E-state index is 12.7. The molecular weight excluding hydrogens is 438 g/mol. The number of hydrogen-bond donors (Lipinski definition) is 1. The van der Waals surface area contributed by atoms with E-state index in [1.807, 2.05) is 64.1 Å². The smallest absolute Gasteiger partial charge is 0.410 e. The lowest BCUT2D eigenvalue weighted by atomic mass is 9.92. The van der Waals surface area contributed by atoms with Crippen LogP contribution >= 0.6 is 12.6 Å². The molecule has 0 N–H and O–H groups in total. The summed E-state index contributed by atoms with van der Waals surface area (Å²) in [4.78, 5) is 26.6. The van der Waals surface area contributed by atoms with Crippen molar-refractivity contribution in [3.8, 4) is 5.75 Å². The number of rotatable bonds is 6. The molecular formula is C26H35NO5S. The Morgan fingerprint density at radius 3 is 2.36 bits per heavy atom. The van der Waals surface area contributed by atoms with E-state index < -0.39 is 5.60 Å². The van der Waals surface area contributed by atoms with Crippen molar-refractivity contribution in [1.82, 2.24) is 4.90 Å². The first-order valence-corrected chi connectivity index (χ1v) is 11.9. The molecule has 7 heteroatoms. The molecule has 2 aromatic rings. The standard InChI is InChI=1S/C26H35NO5S/c1-18(19-6-7-21-17-22(30-5)9-8-20(21)16-19)23(28)31-15-12-26(33)10-13-27(14-11-26)24(29)32-25(2,3)4/h6-9,16-18,33H,10-15H2,1-5H3/t18-/m0/s1. The van der Waals surface area contributed by atoms with E-state index in [1.54, 1.807) is 12.0 Å². The van der Waals surface area contributed by atoms with Crippen LogP contribution in [0.5, 0.6) is 5.75 Å². The van der Waals surface area contributed by atoms with Gasteiger partial charge in [-0.05, 0) is 75.4 Å². The van der Waals surface area contributed by atoms with Gasteiger partial charge in [0.05, 0.1) is 19.6 Å². The number of nitrogens with zero attached hydrogens (tertiary/aromatic N) is 1. The first kappa shape index (κ1) is 25.2. The molecule has 33 heavy (non-hydrogen) atoms.